The molecule has 162 valence electrons. The second-order valence-electron chi connectivity index (χ2n) is 8.74. The van der Waals surface area contributed by atoms with Gasteiger partial charge in [-0.1, -0.05) is 35.9 Å². The summed E-state index contributed by atoms with van der Waals surface area (Å²) in [4.78, 5) is 13.0. The van der Waals surface area contributed by atoms with Gasteiger partial charge in [0.1, 0.15) is 17.9 Å². The average molecular weight is 431 g/mol. The number of rotatable bonds is 5. The summed E-state index contributed by atoms with van der Waals surface area (Å²) in [6.07, 6.45) is 1.73. The number of nitrogens with one attached hydrogen (secondary N) is 1. The molecule has 3 rings (SSSR count). The molecule has 7 heteroatoms. The standard InChI is InChI=1S/C23H30N2O4S/c1-15-11-16(2)22(17(3)12-15)25(30(6,27)28)14-21(26)24-19-13-23(4,5)29-20-10-8-7-9-18(19)20/h7-12,19H,13-14H2,1-6H3,(H,24,26). The number of carbonyl (C=O) groups is 1. The largest absolute Gasteiger partial charge is 0.487 e. The smallest absolute Gasteiger partial charge is 0.241 e. The van der Waals surface area contributed by atoms with Gasteiger partial charge in [0.2, 0.25) is 15.9 Å². The normalized spacial score (nSPS) is 17.6. The zero-order valence-corrected chi connectivity index (χ0v) is 19.3. The summed E-state index contributed by atoms with van der Waals surface area (Å²) in [5.74, 6) is 0.390. The fourth-order valence-corrected chi connectivity index (χ4v) is 5.20. The lowest BCUT2D eigenvalue weighted by Crippen LogP contribution is -2.45. The molecule has 0 radical (unpaired) electrons. The van der Waals surface area contributed by atoms with Crippen LogP contribution in [0.1, 0.15) is 48.6 Å². The minimum Gasteiger partial charge on any atom is -0.487 e. The van der Waals surface area contributed by atoms with Crippen LogP contribution >= 0.6 is 0 Å². The van der Waals surface area contributed by atoms with E-state index in [9.17, 15) is 13.2 Å². The van der Waals surface area contributed by atoms with Crippen molar-refractivity contribution in [2.75, 3.05) is 17.1 Å². The molecular weight excluding hydrogens is 400 g/mol. The molecule has 0 fully saturated rings. The van der Waals surface area contributed by atoms with Crippen molar-refractivity contribution in [1.82, 2.24) is 5.32 Å². The lowest BCUT2D eigenvalue weighted by molar-refractivity contribution is -0.120. The zero-order valence-electron chi connectivity index (χ0n) is 18.4. The minimum atomic E-state index is -3.65. The maximum Gasteiger partial charge on any atom is 0.241 e. The summed E-state index contributed by atoms with van der Waals surface area (Å²) < 4.78 is 32.4. The Hall–Kier alpha value is -2.54. The van der Waals surface area contributed by atoms with Crippen LogP contribution in [0.4, 0.5) is 5.69 Å². The number of benzene rings is 2. The van der Waals surface area contributed by atoms with Crippen molar-refractivity contribution in [3.05, 3.63) is 58.7 Å². The van der Waals surface area contributed by atoms with Gasteiger partial charge >= 0.3 is 0 Å². The van der Waals surface area contributed by atoms with Crippen LogP contribution < -0.4 is 14.4 Å². The molecule has 0 aromatic heterocycles. The van der Waals surface area contributed by atoms with Crippen molar-refractivity contribution >= 4 is 21.6 Å². The molecular formula is C23H30N2O4S. The summed E-state index contributed by atoms with van der Waals surface area (Å²) in [5, 5.41) is 3.03. The molecule has 1 unspecified atom stereocenters. The van der Waals surface area contributed by atoms with Gasteiger partial charge in [-0.15, -0.1) is 0 Å². The fraction of sp³-hybridized carbons (Fsp3) is 0.435. The minimum absolute atomic E-state index is 0.251. The highest BCUT2D eigenvalue weighted by molar-refractivity contribution is 7.92. The Labute approximate surface area is 179 Å². The molecule has 1 atom stereocenters. The Morgan fingerprint density at radius 3 is 2.37 bits per heavy atom. The van der Waals surface area contributed by atoms with Gasteiger partial charge in [-0.05, 0) is 51.8 Å². The van der Waals surface area contributed by atoms with Gasteiger partial charge < -0.3 is 10.1 Å². The van der Waals surface area contributed by atoms with E-state index in [0.717, 1.165) is 34.3 Å². The van der Waals surface area contributed by atoms with Gasteiger partial charge in [-0.2, -0.15) is 0 Å². The molecule has 0 bridgehead atoms. The number of ether oxygens (including phenoxy) is 1. The molecule has 1 N–H and O–H groups in total. The van der Waals surface area contributed by atoms with Crippen LogP contribution in [0.5, 0.6) is 5.75 Å². The van der Waals surface area contributed by atoms with Crippen LogP contribution in [-0.4, -0.2) is 32.7 Å². The van der Waals surface area contributed by atoms with Crippen molar-refractivity contribution in [3.63, 3.8) is 0 Å². The van der Waals surface area contributed by atoms with Gasteiger partial charge in [0.15, 0.2) is 0 Å². The molecule has 1 aliphatic heterocycles. The molecule has 1 heterocycles. The third-order valence-electron chi connectivity index (χ3n) is 5.28. The highest BCUT2D eigenvalue weighted by Crippen LogP contribution is 2.39. The number of hydrogen-bond donors (Lipinski definition) is 1. The molecule has 0 saturated heterocycles. The van der Waals surface area contributed by atoms with Crippen LogP contribution in [0.3, 0.4) is 0 Å². The highest BCUT2D eigenvalue weighted by atomic mass is 32.2. The third kappa shape index (κ3) is 4.78. The van der Waals surface area contributed by atoms with Crippen LogP contribution in [0.15, 0.2) is 36.4 Å². The lowest BCUT2D eigenvalue weighted by atomic mass is 9.89. The molecule has 1 aliphatic rings. The fourth-order valence-electron chi connectivity index (χ4n) is 4.23. The van der Waals surface area contributed by atoms with Crippen LogP contribution in [0.25, 0.3) is 0 Å². The molecule has 0 spiro atoms. The predicted molar refractivity (Wildman–Crippen MR) is 119 cm³/mol. The number of aryl methyl sites for hydroxylation is 3. The molecule has 0 saturated carbocycles. The van der Waals surface area contributed by atoms with E-state index >= 15 is 0 Å². The molecule has 2 aromatic rings. The summed E-state index contributed by atoms with van der Waals surface area (Å²) in [6.45, 7) is 9.37. The Morgan fingerprint density at radius 1 is 1.17 bits per heavy atom. The van der Waals surface area contributed by atoms with Crippen molar-refractivity contribution < 1.29 is 17.9 Å². The number of fused-ring (bicyclic) bond motifs is 1. The average Bonchev–Trinajstić information content (AvgIpc) is 2.58. The number of nitrogens with zero attached hydrogens (tertiary/aromatic N) is 1. The Kier molecular flexibility index (Phi) is 5.87. The monoisotopic (exact) mass is 430 g/mol. The lowest BCUT2D eigenvalue weighted by Gasteiger charge is -2.38. The summed E-state index contributed by atoms with van der Waals surface area (Å²) in [5.41, 5.74) is 3.72. The number of carbonyl (C=O) groups excluding carboxylic acids is 1. The van der Waals surface area contributed by atoms with Gasteiger partial charge in [0.25, 0.3) is 0 Å². The molecule has 30 heavy (non-hydrogen) atoms. The number of sulfonamides is 1. The van der Waals surface area contributed by atoms with Gasteiger partial charge in [-0.25, -0.2) is 8.42 Å². The van der Waals surface area contributed by atoms with Gasteiger partial charge in [0, 0.05) is 12.0 Å². The summed E-state index contributed by atoms with van der Waals surface area (Å²) in [7, 11) is -3.65. The van der Waals surface area contributed by atoms with Crippen molar-refractivity contribution in [3.8, 4) is 5.75 Å². The van der Waals surface area contributed by atoms with E-state index in [-0.39, 0.29) is 18.5 Å². The maximum absolute atomic E-state index is 13.0. The van der Waals surface area contributed by atoms with Crippen molar-refractivity contribution in [2.24, 2.45) is 0 Å². The van der Waals surface area contributed by atoms with Crippen LogP contribution in [0.2, 0.25) is 0 Å². The maximum atomic E-state index is 13.0. The Morgan fingerprint density at radius 2 is 1.77 bits per heavy atom. The third-order valence-corrected chi connectivity index (χ3v) is 6.40. The highest BCUT2D eigenvalue weighted by Gasteiger charge is 2.35. The molecule has 6 nitrogen and oxygen atoms in total. The second-order valence-corrected chi connectivity index (χ2v) is 10.6. The number of hydrogen-bond acceptors (Lipinski definition) is 4. The van der Waals surface area contributed by atoms with Crippen LogP contribution in [-0.2, 0) is 14.8 Å². The molecule has 1 amide bonds. The SMILES string of the molecule is Cc1cc(C)c(N(CC(=O)NC2CC(C)(C)Oc3ccccc32)S(C)(=O)=O)c(C)c1. The van der Waals surface area contributed by atoms with Crippen molar-refractivity contribution in [1.29, 1.82) is 0 Å². The van der Waals surface area contributed by atoms with E-state index in [1.54, 1.807) is 0 Å². The van der Waals surface area contributed by atoms with Gasteiger partial charge in [0.05, 0.1) is 18.0 Å². The van der Waals surface area contributed by atoms with E-state index in [1.165, 1.54) is 4.31 Å². The predicted octanol–water partition coefficient (Wildman–Crippen LogP) is 3.80. The molecule has 2 aromatic carbocycles. The van der Waals surface area contributed by atoms with Crippen molar-refractivity contribution in [2.45, 2.75) is 52.7 Å². The topological polar surface area (TPSA) is 75.7 Å². The summed E-state index contributed by atoms with van der Waals surface area (Å²) >= 11 is 0. The summed E-state index contributed by atoms with van der Waals surface area (Å²) in [6, 6.07) is 11.2. The second kappa shape index (κ2) is 7.95. The first-order chi connectivity index (χ1) is 13.9. The first kappa shape index (κ1) is 22.2. The molecule has 0 aliphatic carbocycles. The first-order valence-electron chi connectivity index (χ1n) is 10.0. The van der Waals surface area contributed by atoms with Gasteiger partial charge in [-0.3, -0.25) is 9.10 Å². The van der Waals surface area contributed by atoms with E-state index in [0.29, 0.717) is 12.1 Å². The number of amides is 1. The Balaban J connectivity index is 1.88. The van der Waals surface area contributed by atoms with E-state index < -0.39 is 15.6 Å². The first-order valence-corrected chi connectivity index (χ1v) is 11.8. The Bertz CT molecular complexity index is 1050. The van der Waals surface area contributed by atoms with E-state index in [2.05, 4.69) is 5.32 Å². The zero-order chi connectivity index (χ0) is 22.3. The van der Waals surface area contributed by atoms with E-state index in [4.69, 9.17) is 4.74 Å². The van der Waals surface area contributed by atoms with Crippen LogP contribution in [0, 0.1) is 20.8 Å². The quantitative estimate of drug-likeness (QED) is 0.783. The van der Waals surface area contributed by atoms with E-state index in [1.807, 2.05) is 71.0 Å². The number of anilines is 1. The number of para-hydroxylation sites is 1.